The van der Waals surface area contributed by atoms with Crippen molar-refractivity contribution >= 4 is 35.1 Å². The van der Waals surface area contributed by atoms with Crippen LogP contribution in [0.1, 0.15) is 44.2 Å². The van der Waals surface area contributed by atoms with Crippen molar-refractivity contribution in [1.29, 1.82) is 0 Å². The van der Waals surface area contributed by atoms with Crippen molar-refractivity contribution in [3.63, 3.8) is 0 Å². The van der Waals surface area contributed by atoms with E-state index in [1.54, 1.807) is 22.2 Å². The fourth-order valence-electron chi connectivity index (χ4n) is 3.21. The Kier molecular flexibility index (Phi) is 5.09. The van der Waals surface area contributed by atoms with Gasteiger partial charge >= 0.3 is 0 Å². The Hall–Kier alpha value is -2.44. The van der Waals surface area contributed by atoms with Crippen LogP contribution in [-0.4, -0.2) is 21.9 Å². The highest BCUT2D eigenvalue weighted by Gasteiger charge is 2.17. The van der Waals surface area contributed by atoms with Crippen LogP contribution in [0, 0.1) is 6.92 Å². The predicted octanol–water partition coefficient (Wildman–Crippen LogP) is 4.54. The zero-order chi connectivity index (χ0) is 18.8. The number of amides is 1. The smallest absolute Gasteiger partial charge is 0.266 e. The highest BCUT2D eigenvalue weighted by molar-refractivity contribution is 7.14. The Balaban J connectivity index is 1.49. The number of carbonyl (C=O) groups excluding carboxylic acids is 1. The molecule has 0 fully saturated rings. The van der Waals surface area contributed by atoms with Gasteiger partial charge in [0.25, 0.3) is 5.91 Å². The number of halogens is 1. The Bertz CT molecular complexity index is 983. The predicted molar refractivity (Wildman–Crippen MR) is 109 cm³/mol. The maximum Gasteiger partial charge on any atom is 0.281 e. The quantitative estimate of drug-likeness (QED) is 0.518. The monoisotopic (exact) mass is 398 g/mol. The zero-order valence-electron chi connectivity index (χ0n) is 14.9. The highest BCUT2D eigenvalue weighted by atomic mass is 35.5. The van der Waals surface area contributed by atoms with Crippen LogP contribution in [0.25, 0.3) is 5.69 Å². The average molecular weight is 399 g/mol. The lowest BCUT2D eigenvalue weighted by atomic mass is 9.99. The number of nitrogens with one attached hydrogen (secondary N) is 1. The SMILES string of the molecule is Cc1nn(-c2ccccc2)c(Cl)c1/C=N/NC(=O)c1cc2c(s1)CCCC2. The van der Waals surface area contributed by atoms with E-state index in [0.717, 1.165) is 24.2 Å². The van der Waals surface area contributed by atoms with Crippen LogP contribution in [0.15, 0.2) is 41.5 Å². The number of benzene rings is 1. The van der Waals surface area contributed by atoms with Crippen molar-refractivity contribution in [1.82, 2.24) is 15.2 Å². The number of hydrogen-bond donors (Lipinski definition) is 1. The molecule has 27 heavy (non-hydrogen) atoms. The molecule has 1 N–H and O–H groups in total. The normalized spacial score (nSPS) is 13.7. The second-order valence-electron chi connectivity index (χ2n) is 6.50. The third kappa shape index (κ3) is 3.68. The van der Waals surface area contributed by atoms with Gasteiger partial charge in [-0.15, -0.1) is 11.3 Å². The standard InChI is InChI=1S/C20H19ClN4OS/c1-13-16(19(21)25(24-13)15-8-3-2-4-9-15)12-22-23-20(26)18-11-14-7-5-6-10-17(14)27-18/h2-4,8-9,11-12H,5-7,10H2,1H3,(H,23,26)/b22-12+. The van der Waals surface area contributed by atoms with Crippen molar-refractivity contribution in [2.45, 2.75) is 32.6 Å². The lowest BCUT2D eigenvalue weighted by molar-refractivity contribution is 0.0959. The number of hydrazone groups is 1. The molecule has 0 atom stereocenters. The molecule has 0 radical (unpaired) electrons. The minimum absolute atomic E-state index is 0.185. The summed E-state index contributed by atoms with van der Waals surface area (Å²) in [5.41, 5.74) is 6.22. The fraction of sp³-hybridized carbons (Fsp3) is 0.250. The van der Waals surface area contributed by atoms with E-state index in [1.165, 1.54) is 23.3 Å². The lowest BCUT2D eigenvalue weighted by Gasteiger charge is -2.08. The van der Waals surface area contributed by atoms with Crippen LogP contribution in [-0.2, 0) is 12.8 Å². The molecule has 3 aromatic rings. The van der Waals surface area contributed by atoms with E-state index in [0.29, 0.717) is 15.6 Å². The van der Waals surface area contributed by atoms with E-state index < -0.39 is 0 Å². The minimum Gasteiger partial charge on any atom is -0.266 e. The van der Waals surface area contributed by atoms with E-state index in [9.17, 15) is 4.79 Å². The first-order valence-corrected chi connectivity index (χ1v) is 10.1. The number of fused-ring (bicyclic) bond motifs is 1. The summed E-state index contributed by atoms with van der Waals surface area (Å²) < 4.78 is 1.66. The van der Waals surface area contributed by atoms with Crippen LogP contribution in [0.3, 0.4) is 0 Å². The molecule has 0 unspecified atom stereocenters. The Labute approximate surface area is 166 Å². The molecular formula is C20H19ClN4OS. The van der Waals surface area contributed by atoms with Crippen molar-refractivity contribution in [2.75, 3.05) is 0 Å². The van der Waals surface area contributed by atoms with Crippen LogP contribution >= 0.6 is 22.9 Å². The van der Waals surface area contributed by atoms with E-state index in [1.807, 2.05) is 43.3 Å². The van der Waals surface area contributed by atoms with E-state index in [2.05, 4.69) is 15.6 Å². The van der Waals surface area contributed by atoms with Gasteiger partial charge in [0.1, 0.15) is 5.15 Å². The molecule has 5 nitrogen and oxygen atoms in total. The Morgan fingerprint density at radius 3 is 2.85 bits per heavy atom. The number of rotatable bonds is 4. The molecule has 0 saturated carbocycles. The summed E-state index contributed by atoms with van der Waals surface area (Å²) >= 11 is 8.03. The topological polar surface area (TPSA) is 59.3 Å². The van der Waals surface area contributed by atoms with Gasteiger partial charge in [-0.05, 0) is 56.4 Å². The Morgan fingerprint density at radius 1 is 1.30 bits per heavy atom. The van der Waals surface area contributed by atoms with E-state index >= 15 is 0 Å². The van der Waals surface area contributed by atoms with Crippen LogP contribution in [0.2, 0.25) is 5.15 Å². The molecule has 1 aliphatic carbocycles. The van der Waals surface area contributed by atoms with Crippen LogP contribution < -0.4 is 5.43 Å². The molecule has 4 rings (SSSR count). The first-order chi connectivity index (χ1) is 13.1. The molecular weight excluding hydrogens is 380 g/mol. The molecule has 0 spiro atoms. The van der Waals surface area contributed by atoms with E-state index in [4.69, 9.17) is 11.6 Å². The number of aromatic nitrogens is 2. The summed E-state index contributed by atoms with van der Waals surface area (Å²) in [5.74, 6) is -0.185. The number of carbonyl (C=O) groups is 1. The van der Waals surface area contributed by atoms with Gasteiger partial charge in [0, 0.05) is 4.88 Å². The third-order valence-corrected chi connectivity index (χ3v) is 6.23. The Morgan fingerprint density at radius 2 is 2.07 bits per heavy atom. The molecule has 2 heterocycles. The number of nitrogens with zero attached hydrogens (tertiary/aromatic N) is 3. The number of para-hydroxylation sites is 1. The maximum absolute atomic E-state index is 12.4. The summed E-state index contributed by atoms with van der Waals surface area (Å²) in [6.45, 7) is 1.86. The molecule has 1 aliphatic rings. The molecule has 0 bridgehead atoms. The first-order valence-electron chi connectivity index (χ1n) is 8.89. The van der Waals surface area contributed by atoms with Crippen LogP contribution in [0.4, 0.5) is 0 Å². The number of thiophene rings is 1. The van der Waals surface area contributed by atoms with Gasteiger partial charge in [-0.3, -0.25) is 4.79 Å². The molecule has 1 amide bonds. The molecule has 0 aliphatic heterocycles. The first kappa shape index (κ1) is 17.9. The number of aryl methyl sites for hydroxylation is 3. The molecule has 0 saturated heterocycles. The molecule has 138 valence electrons. The van der Waals surface area contributed by atoms with Crippen LogP contribution in [0.5, 0.6) is 0 Å². The van der Waals surface area contributed by atoms with Crippen molar-refractivity contribution < 1.29 is 4.79 Å². The van der Waals surface area contributed by atoms with Gasteiger partial charge in [-0.2, -0.15) is 10.2 Å². The largest absolute Gasteiger partial charge is 0.281 e. The van der Waals surface area contributed by atoms with Gasteiger partial charge in [0.05, 0.1) is 28.0 Å². The summed E-state index contributed by atoms with van der Waals surface area (Å²) in [7, 11) is 0. The van der Waals surface area contributed by atoms with Gasteiger partial charge in [0.2, 0.25) is 0 Å². The van der Waals surface area contributed by atoms with Gasteiger partial charge < -0.3 is 0 Å². The lowest BCUT2D eigenvalue weighted by Crippen LogP contribution is -2.16. The molecule has 7 heteroatoms. The summed E-state index contributed by atoms with van der Waals surface area (Å²) in [6, 6.07) is 11.7. The summed E-state index contributed by atoms with van der Waals surface area (Å²) in [5, 5.41) is 9.02. The fourth-order valence-corrected chi connectivity index (χ4v) is 4.68. The van der Waals surface area contributed by atoms with Gasteiger partial charge in [-0.25, -0.2) is 10.1 Å². The molecule has 1 aromatic carbocycles. The maximum atomic E-state index is 12.4. The minimum atomic E-state index is -0.185. The number of hydrogen-bond acceptors (Lipinski definition) is 4. The molecule has 2 aromatic heterocycles. The van der Waals surface area contributed by atoms with Crippen molar-refractivity contribution in [2.24, 2.45) is 5.10 Å². The average Bonchev–Trinajstić information content (AvgIpc) is 3.24. The third-order valence-electron chi connectivity index (χ3n) is 4.63. The second-order valence-corrected chi connectivity index (χ2v) is 8.00. The highest BCUT2D eigenvalue weighted by Crippen LogP contribution is 2.29. The van der Waals surface area contributed by atoms with Crippen molar-refractivity contribution in [3.8, 4) is 5.69 Å². The summed E-state index contributed by atoms with van der Waals surface area (Å²) in [6.07, 6.45) is 6.09. The second kappa shape index (κ2) is 7.66. The van der Waals surface area contributed by atoms with Crippen molar-refractivity contribution in [3.05, 3.63) is 68.1 Å². The zero-order valence-corrected chi connectivity index (χ0v) is 16.5. The van der Waals surface area contributed by atoms with E-state index in [-0.39, 0.29) is 5.91 Å². The van der Waals surface area contributed by atoms with Gasteiger partial charge in [-0.1, -0.05) is 29.8 Å². The van der Waals surface area contributed by atoms with Gasteiger partial charge in [0.15, 0.2) is 0 Å². The summed E-state index contributed by atoms with van der Waals surface area (Å²) in [4.78, 5) is 14.4.